The highest BCUT2D eigenvalue weighted by molar-refractivity contribution is 5.89. The molecule has 0 bridgehead atoms. The Hall–Kier alpha value is -4.05. The Bertz CT molecular complexity index is 1260. The number of hydrogen-bond donors (Lipinski definition) is 2. The van der Waals surface area contributed by atoms with Gasteiger partial charge in [-0.25, -0.2) is 4.79 Å². The summed E-state index contributed by atoms with van der Waals surface area (Å²) >= 11 is 0. The molecule has 0 unspecified atom stereocenters. The Balaban J connectivity index is 2.06. The molecule has 1 aliphatic rings. The molecule has 0 fully saturated rings. The number of nitrogens with zero attached hydrogens (tertiary/aromatic N) is 2. The number of ether oxygens (including phenoxy) is 1. The number of pyridine rings is 1. The molecule has 3 aromatic rings. The van der Waals surface area contributed by atoms with E-state index in [0.29, 0.717) is 27.8 Å². The van der Waals surface area contributed by atoms with Crippen LogP contribution >= 0.6 is 0 Å². The van der Waals surface area contributed by atoms with Crippen LogP contribution in [0, 0.1) is 11.3 Å². The molecule has 4 rings (SSSR count). The summed E-state index contributed by atoms with van der Waals surface area (Å²) in [5, 5.41) is 19.5. The van der Waals surface area contributed by atoms with Crippen LogP contribution in [0.25, 0.3) is 10.9 Å². The molecule has 2 heterocycles. The van der Waals surface area contributed by atoms with Crippen LogP contribution in [0.4, 0.5) is 0 Å². The van der Waals surface area contributed by atoms with Crippen LogP contribution in [0.1, 0.15) is 27.4 Å². The van der Waals surface area contributed by atoms with E-state index in [1.54, 1.807) is 25.2 Å². The molecule has 28 heavy (non-hydrogen) atoms. The van der Waals surface area contributed by atoms with Crippen molar-refractivity contribution in [1.29, 1.82) is 5.26 Å². The first-order valence-corrected chi connectivity index (χ1v) is 8.46. The zero-order valence-electron chi connectivity index (χ0n) is 14.8. The number of carboxylic acid groups (broad SMARTS) is 1. The van der Waals surface area contributed by atoms with Crippen molar-refractivity contribution in [3.63, 3.8) is 0 Å². The van der Waals surface area contributed by atoms with Crippen LogP contribution in [0.3, 0.4) is 0 Å². The number of allylic oxidation sites excluding steroid dienone is 1. The van der Waals surface area contributed by atoms with Gasteiger partial charge in [-0.05, 0) is 29.8 Å². The minimum Gasteiger partial charge on any atom is -0.478 e. The average molecular weight is 373 g/mol. The normalized spacial score (nSPS) is 15.6. The minimum atomic E-state index is -1.06. The molecule has 7 heteroatoms. The number of carbonyl (C=O) groups is 1. The number of hydrogen-bond acceptors (Lipinski definition) is 5. The van der Waals surface area contributed by atoms with Crippen molar-refractivity contribution in [2.45, 2.75) is 5.92 Å². The summed E-state index contributed by atoms with van der Waals surface area (Å²) in [4.78, 5) is 24.3. The number of carboxylic acids is 1. The van der Waals surface area contributed by atoms with Crippen LogP contribution < -0.4 is 16.0 Å². The fourth-order valence-electron chi connectivity index (χ4n) is 3.58. The van der Waals surface area contributed by atoms with Gasteiger partial charge in [0.25, 0.3) is 5.56 Å². The van der Waals surface area contributed by atoms with Gasteiger partial charge in [-0.15, -0.1) is 0 Å². The van der Waals surface area contributed by atoms with Crippen molar-refractivity contribution in [2.24, 2.45) is 12.8 Å². The molecule has 2 aromatic carbocycles. The van der Waals surface area contributed by atoms with Gasteiger partial charge in [-0.1, -0.05) is 24.3 Å². The lowest BCUT2D eigenvalue weighted by atomic mass is 9.83. The van der Waals surface area contributed by atoms with Crippen LogP contribution in [0.5, 0.6) is 5.75 Å². The van der Waals surface area contributed by atoms with Gasteiger partial charge in [0.2, 0.25) is 5.88 Å². The van der Waals surface area contributed by atoms with E-state index in [4.69, 9.17) is 15.6 Å². The average Bonchev–Trinajstić information content (AvgIpc) is 2.71. The Kier molecular flexibility index (Phi) is 3.90. The summed E-state index contributed by atoms with van der Waals surface area (Å²) in [5.74, 6) is -1.56. The predicted molar refractivity (Wildman–Crippen MR) is 102 cm³/mol. The van der Waals surface area contributed by atoms with Crippen molar-refractivity contribution in [2.75, 3.05) is 0 Å². The fraction of sp³-hybridized carbons (Fsp3) is 0.0952. The molecule has 0 aliphatic carbocycles. The molecule has 7 nitrogen and oxygen atoms in total. The largest absolute Gasteiger partial charge is 0.478 e. The number of nitrogens with two attached hydrogens (primary N) is 1. The second-order valence-corrected chi connectivity index (χ2v) is 6.48. The zero-order chi connectivity index (χ0) is 20.0. The maximum atomic E-state index is 13.2. The highest BCUT2D eigenvalue weighted by Gasteiger charge is 2.35. The van der Waals surface area contributed by atoms with Gasteiger partial charge in [-0.2, -0.15) is 5.26 Å². The third-order valence-corrected chi connectivity index (χ3v) is 4.96. The Morgan fingerprint density at radius 3 is 2.54 bits per heavy atom. The molecule has 1 aliphatic heterocycles. The van der Waals surface area contributed by atoms with Crippen LogP contribution in [-0.4, -0.2) is 15.6 Å². The molecule has 0 saturated heterocycles. The zero-order valence-corrected chi connectivity index (χ0v) is 14.8. The van der Waals surface area contributed by atoms with Crippen LogP contribution in [-0.2, 0) is 7.05 Å². The van der Waals surface area contributed by atoms with E-state index >= 15 is 0 Å². The first kappa shape index (κ1) is 17.4. The van der Waals surface area contributed by atoms with Crippen molar-refractivity contribution in [3.8, 4) is 11.8 Å². The quantitative estimate of drug-likeness (QED) is 0.712. The van der Waals surface area contributed by atoms with Crippen molar-refractivity contribution in [3.05, 3.63) is 87.0 Å². The standard InChI is InChI=1S/C21H15N3O4/c1-24-15-5-3-2-4-13(15)18-17(20(24)25)16(14(10-22)19(23)28-18)11-6-8-12(9-7-11)21(26)27/h2-9,16H,23H2,1H3,(H,26,27)/t16-/m0/s1. The predicted octanol–water partition coefficient (Wildman–Crippen LogP) is 2.45. The summed E-state index contributed by atoms with van der Waals surface area (Å²) in [6.07, 6.45) is 0. The summed E-state index contributed by atoms with van der Waals surface area (Å²) in [6, 6.07) is 15.3. The van der Waals surface area contributed by atoms with Gasteiger partial charge < -0.3 is 20.1 Å². The van der Waals surface area contributed by atoms with E-state index in [0.717, 1.165) is 0 Å². The first-order chi connectivity index (χ1) is 13.4. The SMILES string of the molecule is Cn1c(=O)c2c(c3ccccc31)OC(N)=C(C#N)[C@@H]2c1ccc(C(=O)O)cc1. The summed E-state index contributed by atoms with van der Waals surface area (Å²) < 4.78 is 7.23. The van der Waals surface area contributed by atoms with Crippen LogP contribution in [0.2, 0.25) is 0 Å². The van der Waals surface area contributed by atoms with Gasteiger partial charge >= 0.3 is 5.97 Å². The molecule has 0 amide bonds. The van der Waals surface area contributed by atoms with E-state index in [9.17, 15) is 14.9 Å². The number of rotatable bonds is 2. The Morgan fingerprint density at radius 1 is 1.21 bits per heavy atom. The highest BCUT2D eigenvalue weighted by atomic mass is 16.5. The Labute approximate surface area is 159 Å². The van der Waals surface area contributed by atoms with Gasteiger partial charge in [0.15, 0.2) is 0 Å². The molecule has 1 aromatic heterocycles. The minimum absolute atomic E-state index is 0.0688. The summed E-state index contributed by atoms with van der Waals surface area (Å²) in [7, 11) is 1.66. The number of aromatic nitrogens is 1. The highest BCUT2D eigenvalue weighted by Crippen LogP contribution is 2.43. The van der Waals surface area contributed by atoms with Gasteiger partial charge in [0.1, 0.15) is 17.4 Å². The second kappa shape index (κ2) is 6.28. The molecule has 0 spiro atoms. The summed E-state index contributed by atoms with van der Waals surface area (Å²) in [5.41, 5.74) is 7.51. The number of nitriles is 1. The smallest absolute Gasteiger partial charge is 0.335 e. The van der Waals surface area contributed by atoms with Crippen molar-refractivity contribution >= 4 is 16.9 Å². The lowest BCUT2D eigenvalue weighted by Crippen LogP contribution is -2.31. The van der Waals surface area contributed by atoms with E-state index in [1.165, 1.54) is 16.7 Å². The number of aromatic carboxylic acids is 1. The van der Waals surface area contributed by atoms with Crippen molar-refractivity contribution < 1.29 is 14.6 Å². The second-order valence-electron chi connectivity index (χ2n) is 6.48. The maximum Gasteiger partial charge on any atom is 0.335 e. The topological polar surface area (TPSA) is 118 Å². The molecule has 138 valence electrons. The van der Waals surface area contributed by atoms with Crippen LogP contribution in [0.15, 0.2) is 64.8 Å². The van der Waals surface area contributed by atoms with Gasteiger partial charge in [0.05, 0.1) is 22.6 Å². The third kappa shape index (κ3) is 2.43. The fourth-order valence-corrected chi connectivity index (χ4v) is 3.58. The van der Waals surface area contributed by atoms with E-state index in [2.05, 4.69) is 0 Å². The first-order valence-electron chi connectivity index (χ1n) is 8.46. The Morgan fingerprint density at radius 2 is 1.89 bits per heavy atom. The maximum absolute atomic E-state index is 13.2. The number of benzene rings is 2. The molecule has 1 atom stereocenters. The molecular weight excluding hydrogens is 358 g/mol. The molecule has 3 N–H and O–H groups in total. The van der Waals surface area contributed by atoms with Gasteiger partial charge in [-0.3, -0.25) is 4.79 Å². The number of para-hydroxylation sites is 1. The molecule has 0 radical (unpaired) electrons. The number of fused-ring (bicyclic) bond motifs is 3. The van der Waals surface area contributed by atoms with Crippen molar-refractivity contribution in [1.82, 2.24) is 4.57 Å². The number of aryl methyl sites for hydroxylation is 1. The summed E-state index contributed by atoms with van der Waals surface area (Å²) in [6.45, 7) is 0. The lowest BCUT2D eigenvalue weighted by molar-refractivity contribution is 0.0697. The van der Waals surface area contributed by atoms with E-state index < -0.39 is 11.9 Å². The van der Waals surface area contributed by atoms with E-state index in [-0.39, 0.29) is 22.6 Å². The monoisotopic (exact) mass is 373 g/mol. The lowest BCUT2D eigenvalue weighted by Gasteiger charge is -2.27. The van der Waals surface area contributed by atoms with E-state index in [1.807, 2.05) is 24.3 Å². The molecule has 0 saturated carbocycles. The molecular formula is C21H15N3O4. The van der Waals surface area contributed by atoms with Gasteiger partial charge in [0, 0.05) is 12.4 Å². The third-order valence-electron chi connectivity index (χ3n) is 4.96.